The number of hydrogen-bond acceptors (Lipinski definition) is 3. The van der Waals surface area contributed by atoms with Crippen LogP contribution in [0.25, 0.3) is 10.8 Å². The molecule has 0 spiro atoms. The van der Waals surface area contributed by atoms with Crippen LogP contribution in [0.2, 0.25) is 0 Å². The van der Waals surface area contributed by atoms with Crippen molar-refractivity contribution in [2.75, 3.05) is 18.0 Å². The highest BCUT2D eigenvalue weighted by molar-refractivity contribution is 5.98. The van der Waals surface area contributed by atoms with Crippen molar-refractivity contribution < 1.29 is 9.90 Å². The molecule has 4 nitrogen and oxygen atoms in total. The van der Waals surface area contributed by atoms with Crippen LogP contribution in [0, 0.1) is 5.92 Å². The largest absolute Gasteiger partial charge is 0.477 e. The van der Waals surface area contributed by atoms with Gasteiger partial charge in [-0.15, -0.1) is 0 Å². The number of aromatic nitrogens is 1. The normalized spacial score (nSPS) is 18.3. The summed E-state index contributed by atoms with van der Waals surface area (Å²) < 4.78 is 0. The van der Waals surface area contributed by atoms with Crippen LogP contribution < -0.4 is 4.90 Å². The molecule has 3 rings (SSSR count). The van der Waals surface area contributed by atoms with E-state index >= 15 is 0 Å². The summed E-state index contributed by atoms with van der Waals surface area (Å²) in [5.74, 6) is 0.555. The zero-order chi connectivity index (χ0) is 14.8. The quantitative estimate of drug-likeness (QED) is 0.932. The Morgan fingerprint density at radius 1 is 1.43 bits per heavy atom. The molecule has 1 aliphatic rings. The number of benzene rings is 1. The number of carboxylic acids is 1. The average molecular weight is 284 g/mol. The lowest BCUT2D eigenvalue weighted by Crippen LogP contribution is -2.22. The maximum absolute atomic E-state index is 11.3. The number of rotatable bonds is 4. The molecule has 110 valence electrons. The van der Waals surface area contributed by atoms with Gasteiger partial charge in [-0.1, -0.05) is 37.6 Å². The average Bonchev–Trinajstić information content (AvgIpc) is 2.95. The summed E-state index contributed by atoms with van der Waals surface area (Å²) in [4.78, 5) is 17.9. The maximum atomic E-state index is 11.3. The number of anilines is 1. The third-order valence-corrected chi connectivity index (χ3v) is 4.22. The van der Waals surface area contributed by atoms with Gasteiger partial charge in [0.05, 0.1) is 0 Å². The highest BCUT2D eigenvalue weighted by Gasteiger charge is 2.25. The molecule has 0 saturated carbocycles. The van der Waals surface area contributed by atoms with E-state index in [0.717, 1.165) is 29.7 Å². The monoisotopic (exact) mass is 284 g/mol. The van der Waals surface area contributed by atoms with Gasteiger partial charge in [0.2, 0.25) is 0 Å². The van der Waals surface area contributed by atoms with Gasteiger partial charge in [-0.2, -0.15) is 0 Å². The second-order valence-corrected chi connectivity index (χ2v) is 5.75. The highest BCUT2D eigenvalue weighted by Crippen LogP contribution is 2.31. The lowest BCUT2D eigenvalue weighted by Gasteiger charge is -2.20. The topological polar surface area (TPSA) is 53.4 Å². The van der Waals surface area contributed by atoms with E-state index in [4.69, 9.17) is 0 Å². The molecule has 0 bridgehead atoms. The van der Waals surface area contributed by atoms with Gasteiger partial charge in [0.1, 0.15) is 5.82 Å². The van der Waals surface area contributed by atoms with Crippen molar-refractivity contribution in [2.24, 2.45) is 5.92 Å². The van der Waals surface area contributed by atoms with Crippen LogP contribution in [-0.4, -0.2) is 29.1 Å². The minimum absolute atomic E-state index is 0.127. The Labute approximate surface area is 124 Å². The summed E-state index contributed by atoms with van der Waals surface area (Å²) in [6.07, 6.45) is 3.59. The smallest absolute Gasteiger partial charge is 0.354 e. The van der Waals surface area contributed by atoms with E-state index in [1.807, 2.05) is 24.3 Å². The molecule has 21 heavy (non-hydrogen) atoms. The van der Waals surface area contributed by atoms with Crippen LogP contribution in [0.1, 0.15) is 36.7 Å². The summed E-state index contributed by atoms with van der Waals surface area (Å²) >= 11 is 0. The Kier molecular flexibility index (Phi) is 3.78. The van der Waals surface area contributed by atoms with Gasteiger partial charge in [0, 0.05) is 18.5 Å². The molecule has 0 radical (unpaired) electrons. The van der Waals surface area contributed by atoms with Crippen molar-refractivity contribution in [3.05, 3.63) is 36.0 Å². The van der Waals surface area contributed by atoms with Gasteiger partial charge in [0.15, 0.2) is 5.69 Å². The van der Waals surface area contributed by atoms with E-state index in [2.05, 4.69) is 16.8 Å². The van der Waals surface area contributed by atoms with Crippen LogP contribution in [0.15, 0.2) is 30.3 Å². The van der Waals surface area contributed by atoms with Gasteiger partial charge >= 0.3 is 5.97 Å². The number of nitrogens with zero attached hydrogens (tertiary/aromatic N) is 2. The first-order valence-electron chi connectivity index (χ1n) is 7.57. The number of fused-ring (bicyclic) bond motifs is 1. The number of carbonyl (C=O) groups is 1. The molecule has 1 fully saturated rings. The van der Waals surface area contributed by atoms with Gasteiger partial charge in [-0.25, -0.2) is 9.78 Å². The van der Waals surface area contributed by atoms with E-state index in [1.165, 1.54) is 19.3 Å². The Balaban J connectivity index is 2.02. The number of pyridine rings is 1. The summed E-state index contributed by atoms with van der Waals surface area (Å²) in [5, 5.41) is 11.3. The Bertz CT molecular complexity index is 669. The van der Waals surface area contributed by atoms with E-state index < -0.39 is 5.97 Å². The summed E-state index contributed by atoms with van der Waals surface area (Å²) in [7, 11) is 0. The van der Waals surface area contributed by atoms with E-state index in [0.29, 0.717) is 5.92 Å². The summed E-state index contributed by atoms with van der Waals surface area (Å²) in [6.45, 7) is 4.15. The van der Waals surface area contributed by atoms with E-state index in [9.17, 15) is 9.90 Å². The fourth-order valence-electron chi connectivity index (χ4n) is 3.20. The molecular formula is C17H20N2O2. The zero-order valence-corrected chi connectivity index (χ0v) is 12.2. The van der Waals surface area contributed by atoms with E-state index in [-0.39, 0.29) is 5.69 Å². The molecule has 1 saturated heterocycles. The first-order chi connectivity index (χ1) is 10.2. The molecule has 2 aromatic rings. The molecule has 0 aliphatic carbocycles. The van der Waals surface area contributed by atoms with Gasteiger partial charge in [0.25, 0.3) is 0 Å². The molecule has 1 aliphatic heterocycles. The Hall–Kier alpha value is -2.10. The second-order valence-electron chi connectivity index (χ2n) is 5.75. The van der Waals surface area contributed by atoms with E-state index in [1.54, 1.807) is 6.07 Å². The molecule has 1 unspecified atom stereocenters. The second kappa shape index (κ2) is 5.72. The number of carboxylic acid groups (broad SMARTS) is 1. The fourth-order valence-corrected chi connectivity index (χ4v) is 3.20. The predicted octanol–water partition coefficient (Wildman–Crippen LogP) is 3.56. The third-order valence-electron chi connectivity index (χ3n) is 4.22. The Morgan fingerprint density at radius 3 is 3.00 bits per heavy atom. The minimum atomic E-state index is -0.966. The summed E-state index contributed by atoms with van der Waals surface area (Å²) in [6, 6.07) is 9.54. The first kappa shape index (κ1) is 13.9. The summed E-state index contributed by atoms with van der Waals surface area (Å²) in [5.41, 5.74) is 0.127. The van der Waals surface area contributed by atoms with Crippen molar-refractivity contribution in [2.45, 2.75) is 26.2 Å². The predicted molar refractivity (Wildman–Crippen MR) is 83.9 cm³/mol. The van der Waals surface area contributed by atoms with Gasteiger partial charge in [-0.05, 0) is 30.2 Å². The molecule has 2 heterocycles. The van der Waals surface area contributed by atoms with Crippen LogP contribution in [0.4, 0.5) is 5.82 Å². The van der Waals surface area contributed by atoms with Crippen molar-refractivity contribution in [1.82, 2.24) is 4.98 Å². The van der Waals surface area contributed by atoms with Crippen LogP contribution >= 0.6 is 0 Å². The minimum Gasteiger partial charge on any atom is -0.477 e. The molecule has 0 amide bonds. The lowest BCUT2D eigenvalue weighted by atomic mass is 10.0. The standard InChI is InChI=1S/C17H20N2O2/c1-2-5-12-8-9-19(11-12)16-14-7-4-3-6-13(14)10-15(18-16)17(20)21/h3-4,6-7,10,12H,2,5,8-9,11H2,1H3,(H,20,21). The molecule has 1 N–H and O–H groups in total. The van der Waals surface area contributed by atoms with Crippen molar-refractivity contribution >= 4 is 22.6 Å². The third kappa shape index (κ3) is 2.71. The fraction of sp³-hybridized carbons (Fsp3) is 0.412. The SMILES string of the molecule is CCCC1CCN(c2nc(C(=O)O)cc3ccccc23)C1. The molecular weight excluding hydrogens is 264 g/mol. The van der Waals surface area contributed by atoms with Crippen molar-refractivity contribution in [3.63, 3.8) is 0 Å². The van der Waals surface area contributed by atoms with Gasteiger partial charge < -0.3 is 10.0 Å². The first-order valence-corrected chi connectivity index (χ1v) is 7.57. The van der Waals surface area contributed by atoms with Crippen LogP contribution in [-0.2, 0) is 0 Å². The molecule has 1 aromatic carbocycles. The molecule has 1 aromatic heterocycles. The van der Waals surface area contributed by atoms with Crippen molar-refractivity contribution in [3.8, 4) is 0 Å². The Morgan fingerprint density at radius 2 is 2.24 bits per heavy atom. The van der Waals surface area contributed by atoms with Crippen LogP contribution in [0.5, 0.6) is 0 Å². The van der Waals surface area contributed by atoms with Gasteiger partial charge in [-0.3, -0.25) is 0 Å². The van der Waals surface area contributed by atoms with Crippen molar-refractivity contribution in [1.29, 1.82) is 0 Å². The maximum Gasteiger partial charge on any atom is 0.354 e. The number of hydrogen-bond donors (Lipinski definition) is 1. The number of aromatic carboxylic acids is 1. The highest BCUT2D eigenvalue weighted by atomic mass is 16.4. The molecule has 1 atom stereocenters. The lowest BCUT2D eigenvalue weighted by molar-refractivity contribution is 0.0691. The molecule has 4 heteroatoms. The van der Waals surface area contributed by atoms with Crippen LogP contribution in [0.3, 0.4) is 0 Å². The zero-order valence-electron chi connectivity index (χ0n) is 12.2.